The van der Waals surface area contributed by atoms with E-state index in [9.17, 15) is 0 Å². The summed E-state index contributed by atoms with van der Waals surface area (Å²) >= 11 is 19.1. The number of alkyl halides is 4. The first-order chi connectivity index (χ1) is 28.6. The van der Waals surface area contributed by atoms with Gasteiger partial charge >= 0.3 is 34.7 Å². The maximum Gasteiger partial charge on any atom is 2.00 e. The van der Waals surface area contributed by atoms with Gasteiger partial charge in [0.1, 0.15) is 0 Å². The summed E-state index contributed by atoms with van der Waals surface area (Å²) in [4.78, 5) is 32.5. The topological polar surface area (TPSA) is 160 Å². The first-order valence-electron chi connectivity index (χ1n) is 17.0. The van der Waals surface area contributed by atoms with Crippen LogP contribution in [0, 0.1) is 0 Å². The average Bonchev–Trinajstić information content (AvgIpc) is 3.28. The summed E-state index contributed by atoms with van der Waals surface area (Å²) in [5, 5.41) is 17.3. The molecule has 0 fully saturated rings. The van der Waals surface area contributed by atoms with E-state index < -0.39 is 0 Å². The Morgan fingerprint density at radius 2 is 0.367 bits per heavy atom. The fourth-order valence-electron chi connectivity index (χ4n) is 3.83. The Kier molecular flexibility index (Phi) is 31.2. The van der Waals surface area contributed by atoms with Crippen molar-refractivity contribution in [3.63, 3.8) is 0 Å². The van der Waals surface area contributed by atoms with Crippen LogP contribution in [0.4, 0.5) is 46.5 Å². The van der Waals surface area contributed by atoms with E-state index in [2.05, 4.69) is 61.1 Å². The van der Waals surface area contributed by atoms with Crippen LogP contribution in [0.15, 0.2) is 195 Å². The van der Waals surface area contributed by atoms with Crippen LogP contribution in [0.3, 0.4) is 0 Å². The normalized spacial score (nSPS) is 8.87. The Bertz CT molecular complexity index is 1660. The van der Waals surface area contributed by atoms with Gasteiger partial charge in [-0.3, -0.25) is 0 Å². The van der Waals surface area contributed by atoms with Crippen molar-refractivity contribution in [2.45, 2.75) is 0 Å². The van der Waals surface area contributed by atoms with Gasteiger partial charge in [-0.1, -0.05) is 97.1 Å². The van der Waals surface area contributed by atoms with E-state index in [1.165, 1.54) is 0 Å². The molecule has 8 aromatic rings. The van der Waals surface area contributed by atoms with Gasteiger partial charge < -0.3 is 61.1 Å². The molecule has 0 N–H and O–H groups in total. The maximum atomic E-state index is 4.76. The van der Waals surface area contributed by atoms with Crippen molar-refractivity contribution in [2.75, 3.05) is 10.7 Å². The Morgan fingerprint density at radius 1 is 0.250 bits per heavy atom. The second-order valence-electron chi connectivity index (χ2n) is 10.2. The van der Waals surface area contributed by atoms with E-state index >= 15 is 0 Å². The first-order valence-corrected chi connectivity index (χ1v) is 19.2. The van der Waals surface area contributed by atoms with Crippen molar-refractivity contribution in [1.29, 1.82) is 0 Å². The summed E-state index contributed by atoms with van der Waals surface area (Å²) in [5.74, 6) is 5.45. The zero-order chi connectivity index (χ0) is 41.1. The third kappa shape index (κ3) is 25.2. The Labute approximate surface area is 392 Å². The molecule has 0 aliphatic carbocycles. The van der Waals surface area contributed by atoms with Crippen molar-refractivity contribution in [2.24, 2.45) is 0 Å². The zero-order valence-electron chi connectivity index (χ0n) is 31.6. The van der Waals surface area contributed by atoms with Crippen molar-refractivity contribution in [3.8, 4) is 0 Å². The largest absolute Gasteiger partial charge is 2.00 e. The SMILES string of the molecule is ClCCl.ClCCl.[Cr+2].[Cr+2].c1ccc([N-]c2ccccn2)nc1.c1ccc([N-]c2ccccn2)nc1.c1ccc([N-]c2ccccn2)nc1.c1ccc([N-]c2ccccn2)nc1. The zero-order valence-corrected chi connectivity index (χ0v) is 37.2. The monoisotopic (exact) mass is 952 g/mol. The van der Waals surface area contributed by atoms with Crippen LogP contribution in [0.1, 0.15) is 0 Å². The van der Waals surface area contributed by atoms with Gasteiger partial charge in [-0.25, -0.2) is 0 Å². The summed E-state index contributed by atoms with van der Waals surface area (Å²) < 4.78 is 0. The van der Waals surface area contributed by atoms with Gasteiger partial charge in [0.25, 0.3) is 0 Å². The van der Waals surface area contributed by atoms with E-state index in [4.69, 9.17) is 46.4 Å². The first kappa shape index (κ1) is 52.6. The molecule has 0 aliphatic heterocycles. The van der Waals surface area contributed by atoms with Crippen molar-refractivity contribution < 1.29 is 34.7 Å². The third-order valence-electron chi connectivity index (χ3n) is 6.11. The number of hydrogen-bond acceptors (Lipinski definition) is 8. The van der Waals surface area contributed by atoms with E-state index in [1.807, 2.05) is 146 Å². The molecule has 0 saturated carbocycles. The fraction of sp³-hybridized carbons (Fsp3) is 0.0476. The van der Waals surface area contributed by atoms with Gasteiger partial charge in [0, 0.05) is 46.5 Å². The fourth-order valence-corrected chi connectivity index (χ4v) is 3.83. The standard InChI is InChI=1S/4C10H8N3.2CH2Cl2.2Cr/c4*1-3-7-11-9(5-1)13-10-6-2-4-8-12-10;2*2-1-3;;/h4*1-8H;2*1H2;;/q4*-1;;;2*+2. The number of aromatic nitrogens is 8. The summed E-state index contributed by atoms with van der Waals surface area (Å²) in [6, 6.07) is 44.8. The Balaban J connectivity index is 0.000000378. The molecule has 0 atom stereocenters. The molecule has 0 amide bonds. The number of nitrogens with zero attached hydrogens (tertiary/aromatic N) is 12. The predicted molar refractivity (Wildman–Crippen MR) is 238 cm³/mol. The summed E-state index contributed by atoms with van der Waals surface area (Å²) in [6.07, 6.45) is 13.7. The van der Waals surface area contributed by atoms with Gasteiger partial charge in [0.2, 0.25) is 0 Å². The van der Waals surface area contributed by atoms with Crippen LogP contribution < -0.4 is 0 Å². The van der Waals surface area contributed by atoms with Crippen molar-refractivity contribution in [1.82, 2.24) is 39.9 Å². The van der Waals surface area contributed by atoms with Crippen LogP contribution in [-0.2, 0) is 34.7 Å². The molecule has 0 saturated heterocycles. The molecular weight excluding hydrogens is 918 g/mol. The molecule has 0 bridgehead atoms. The van der Waals surface area contributed by atoms with Crippen molar-refractivity contribution in [3.05, 3.63) is 216 Å². The van der Waals surface area contributed by atoms with Gasteiger partial charge in [0.15, 0.2) is 0 Å². The Hall–Kier alpha value is -5.38. The molecule has 0 unspecified atom stereocenters. The minimum atomic E-state index is 0. The molecule has 0 aromatic carbocycles. The van der Waals surface area contributed by atoms with Crippen LogP contribution >= 0.6 is 46.4 Å². The summed E-state index contributed by atoms with van der Waals surface area (Å²) in [7, 11) is 0. The van der Waals surface area contributed by atoms with Crippen LogP contribution in [0.25, 0.3) is 21.3 Å². The van der Waals surface area contributed by atoms with Crippen LogP contribution in [0.5, 0.6) is 0 Å². The van der Waals surface area contributed by atoms with Crippen LogP contribution in [-0.4, -0.2) is 50.6 Å². The molecule has 8 heterocycles. The third-order valence-corrected chi connectivity index (χ3v) is 6.11. The summed E-state index contributed by atoms with van der Waals surface area (Å²) in [5.41, 5.74) is 0. The number of pyridine rings is 8. The minimum Gasteiger partial charge on any atom is -0.369 e. The number of halogens is 4. The number of rotatable bonds is 8. The molecular formula is C42H36Cl4Cr2N12. The molecule has 8 aromatic heterocycles. The average molecular weight is 955 g/mol. The Morgan fingerprint density at radius 3 is 0.450 bits per heavy atom. The van der Waals surface area contributed by atoms with E-state index in [0.29, 0.717) is 46.5 Å². The molecule has 304 valence electrons. The second-order valence-corrected chi connectivity index (χ2v) is 11.8. The number of hydrogen-bond donors (Lipinski definition) is 0. The molecule has 8 rings (SSSR count). The smallest absolute Gasteiger partial charge is 0.369 e. The van der Waals surface area contributed by atoms with Crippen molar-refractivity contribution >= 4 is 92.9 Å². The predicted octanol–water partition coefficient (Wildman–Crippen LogP) is 14.1. The van der Waals surface area contributed by atoms with Gasteiger partial charge in [0.05, 0.1) is 10.7 Å². The molecule has 0 aliphatic rings. The van der Waals surface area contributed by atoms with E-state index in [0.717, 1.165) is 0 Å². The molecule has 60 heavy (non-hydrogen) atoms. The van der Waals surface area contributed by atoms with Crippen LogP contribution in [0.2, 0.25) is 0 Å². The van der Waals surface area contributed by atoms with E-state index in [-0.39, 0.29) is 45.4 Å². The maximum absolute atomic E-state index is 4.76. The molecule has 0 spiro atoms. The van der Waals surface area contributed by atoms with Gasteiger partial charge in [-0.15, -0.1) is 46.4 Å². The second kappa shape index (κ2) is 35.6. The van der Waals surface area contributed by atoms with Gasteiger partial charge in [-0.2, -0.15) is 0 Å². The van der Waals surface area contributed by atoms with E-state index in [1.54, 1.807) is 49.6 Å². The van der Waals surface area contributed by atoms with Gasteiger partial charge in [-0.05, 0) is 98.1 Å². The molecule has 12 nitrogen and oxygen atoms in total. The quantitative estimate of drug-likeness (QED) is 0.136. The molecule has 0 radical (unpaired) electrons. The molecule has 18 heteroatoms. The summed E-state index contributed by atoms with van der Waals surface area (Å²) in [6.45, 7) is 0. The minimum absolute atomic E-state index is 0.